The van der Waals surface area contributed by atoms with E-state index >= 15 is 0 Å². The van der Waals surface area contributed by atoms with Crippen LogP contribution in [0.15, 0.2) is 0 Å². The Bertz CT molecular complexity index is 245. The van der Waals surface area contributed by atoms with Crippen LogP contribution in [0.1, 0.15) is 12.8 Å². The van der Waals surface area contributed by atoms with Gasteiger partial charge in [-0.3, -0.25) is 9.59 Å². The molecule has 1 atom stereocenters. The molecule has 0 aromatic rings. The summed E-state index contributed by atoms with van der Waals surface area (Å²) in [6.07, 6.45) is 1.66. The predicted octanol–water partition coefficient (Wildman–Crippen LogP) is -0.314. The van der Waals surface area contributed by atoms with Crippen LogP contribution in [0, 0.1) is 11.3 Å². The molecule has 0 radical (unpaired) electrons. The average molecular weight is 169 g/mol. The first-order valence-corrected chi connectivity index (χ1v) is 4.07. The first kappa shape index (κ1) is 7.58. The van der Waals surface area contributed by atoms with Gasteiger partial charge in [0.25, 0.3) is 0 Å². The van der Waals surface area contributed by atoms with Gasteiger partial charge in [-0.25, -0.2) is 0 Å². The van der Waals surface area contributed by atoms with Crippen molar-refractivity contribution in [3.05, 3.63) is 0 Å². The van der Waals surface area contributed by atoms with Crippen molar-refractivity contribution in [3.63, 3.8) is 0 Å². The van der Waals surface area contributed by atoms with Gasteiger partial charge in [-0.05, 0) is 12.8 Å². The summed E-state index contributed by atoms with van der Waals surface area (Å²) < 4.78 is 4.63. The minimum Gasteiger partial charge on any atom is -0.469 e. The van der Waals surface area contributed by atoms with E-state index in [9.17, 15) is 9.59 Å². The van der Waals surface area contributed by atoms with Crippen molar-refractivity contribution < 1.29 is 14.3 Å². The summed E-state index contributed by atoms with van der Waals surface area (Å²) >= 11 is 0. The van der Waals surface area contributed by atoms with Crippen LogP contribution in [-0.2, 0) is 14.3 Å². The Morgan fingerprint density at radius 3 is 2.83 bits per heavy atom. The van der Waals surface area contributed by atoms with Crippen LogP contribution in [0.2, 0.25) is 0 Å². The molecule has 12 heavy (non-hydrogen) atoms. The van der Waals surface area contributed by atoms with E-state index < -0.39 is 0 Å². The summed E-state index contributed by atoms with van der Waals surface area (Å²) in [5.74, 6) is -0.473. The van der Waals surface area contributed by atoms with Crippen LogP contribution in [0.3, 0.4) is 0 Å². The fraction of sp³-hybridized carbons (Fsp3) is 0.750. The number of carbonyl (C=O) groups is 2. The van der Waals surface area contributed by atoms with Gasteiger partial charge >= 0.3 is 5.97 Å². The smallest absolute Gasteiger partial charge is 0.311 e. The third-order valence-corrected chi connectivity index (χ3v) is 2.86. The normalized spacial score (nSPS) is 30.1. The largest absolute Gasteiger partial charge is 0.469 e. The second-order valence-corrected chi connectivity index (χ2v) is 3.44. The van der Waals surface area contributed by atoms with E-state index in [4.69, 9.17) is 0 Å². The van der Waals surface area contributed by atoms with E-state index in [1.165, 1.54) is 7.11 Å². The van der Waals surface area contributed by atoms with Crippen LogP contribution < -0.4 is 5.32 Å². The molecule has 0 bridgehead atoms. The molecular formula is C8H11NO3. The van der Waals surface area contributed by atoms with E-state index in [-0.39, 0.29) is 23.2 Å². The molecule has 2 fully saturated rings. The highest BCUT2D eigenvalue weighted by Gasteiger charge is 2.62. The van der Waals surface area contributed by atoms with E-state index in [2.05, 4.69) is 10.1 Å². The van der Waals surface area contributed by atoms with Crippen molar-refractivity contribution in [2.45, 2.75) is 12.8 Å². The van der Waals surface area contributed by atoms with Crippen LogP contribution in [0.25, 0.3) is 0 Å². The molecular weight excluding hydrogens is 158 g/mol. The first-order valence-electron chi connectivity index (χ1n) is 4.07. The van der Waals surface area contributed by atoms with Gasteiger partial charge < -0.3 is 10.1 Å². The van der Waals surface area contributed by atoms with Gasteiger partial charge in [0.1, 0.15) is 0 Å². The first-order chi connectivity index (χ1) is 5.70. The van der Waals surface area contributed by atoms with Crippen molar-refractivity contribution in [2.24, 2.45) is 11.3 Å². The molecule has 1 saturated carbocycles. The molecule has 0 aromatic carbocycles. The SMILES string of the molecule is COC(=O)C1CNC(=O)C12CC2. The summed E-state index contributed by atoms with van der Waals surface area (Å²) in [6, 6.07) is 0. The number of methoxy groups -OCH3 is 1. The summed E-state index contributed by atoms with van der Waals surface area (Å²) in [4.78, 5) is 22.5. The van der Waals surface area contributed by atoms with Gasteiger partial charge in [0.05, 0.1) is 18.4 Å². The molecule has 1 spiro atoms. The highest BCUT2D eigenvalue weighted by atomic mass is 16.5. The fourth-order valence-corrected chi connectivity index (χ4v) is 1.89. The van der Waals surface area contributed by atoms with E-state index in [1.807, 2.05) is 0 Å². The Labute approximate surface area is 70.3 Å². The molecule has 2 rings (SSSR count). The van der Waals surface area contributed by atoms with Crippen LogP contribution in [0.5, 0.6) is 0 Å². The summed E-state index contributed by atoms with van der Waals surface area (Å²) in [5.41, 5.74) is -0.382. The minimum absolute atomic E-state index is 0.0258. The third kappa shape index (κ3) is 0.777. The lowest BCUT2D eigenvalue weighted by Gasteiger charge is -2.11. The zero-order valence-electron chi connectivity index (χ0n) is 6.92. The zero-order valence-corrected chi connectivity index (χ0v) is 6.92. The van der Waals surface area contributed by atoms with Crippen molar-refractivity contribution in [2.75, 3.05) is 13.7 Å². The fourth-order valence-electron chi connectivity index (χ4n) is 1.89. The number of nitrogens with one attached hydrogen (secondary N) is 1. The number of amides is 1. The van der Waals surface area contributed by atoms with Crippen molar-refractivity contribution in [3.8, 4) is 0 Å². The van der Waals surface area contributed by atoms with Gasteiger partial charge in [0.15, 0.2) is 0 Å². The van der Waals surface area contributed by atoms with Crippen molar-refractivity contribution in [1.29, 1.82) is 0 Å². The third-order valence-electron chi connectivity index (χ3n) is 2.86. The van der Waals surface area contributed by atoms with Crippen molar-refractivity contribution in [1.82, 2.24) is 5.32 Å². The second kappa shape index (κ2) is 2.21. The van der Waals surface area contributed by atoms with E-state index in [1.54, 1.807) is 0 Å². The van der Waals surface area contributed by atoms with Gasteiger partial charge in [-0.1, -0.05) is 0 Å². The number of rotatable bonds is 1. The minimum atomic E-state index is -0.382. The standard InChI is InChI=1S/C8H11NO3/c1-12-6(10)5-4-9-7(11)8(5)2-3-8/h5H,2-4H2,1H3,(H,9,11). The summed E-state index contributed by atoms with van der Waals surface area (Å²) in [6.45, 7) is 0.450. The molecule has 0 aromatic heterocycles. The number of hydrogen-bond donors (Lipinski definition) is 1. The highest BCUT2D eigenvalue weighted by Crippen LogP contribution is 2.54. The molecule has 1 aliphatic carbocycles. The predicted molar refractivity (Wildman–Crippen MR) is 40.2 cm³/mol. The Morgan fingerprint density at radius 2 is 2.33 bits per heavy atom. The zero-order chi connectivity index (χ0) is 8.77. The Kier molecular flexibility index (Phi) is 1.40. The molecule has 1 aliphatic heterocycles. The quantitative estimate of drug-likeness (QED) is 0.547. The topological polar surface area (TPSA) is 55.4 Å². The summed E-state index contributed by atoms with van der Waals surface area (Å²) in [5, 5.41) is 2.70. The Morgan fingerprint density at radius 1 is 1.67 bits per heavy atom. The molecule has 1 N–H and O–H groups in total. The number of ether oxygens (including phenoxy) is 1. The van der Waals surface area contributed by atoms with Gasteiger partial charge in [0, 0.05) is 6.54 Å². The lowest BCUT2D eigenvalue weighted by molar-refractivity contribution is -0.148. The second-order valence-electron chi connectivity index (χ2n) is 3.44. The molecule has 4 heteroatoms. The maximum absolute atomic E-state index is 11.3. The average Bonchev–Trinajstić information content (AvgIpc) is 2.78. The van der Waals surface area contributed by atoms with E-state index in [0.717, 1.165) is 12.8 Å². The van der Waals surface area contributed by atoms with Gasteiger partial charge in [-0.15, -0.1) is 0 Å². The molecule has 2 aliphatic rings. The lowest BCUT2D eigenvalue weighted by atomic mass is 9.92. The molecule has 1 saturated heterocycles. The van der Waals surface area contributed by atoms with Gasteiger partial charge in [0.2, 0.25) is 5.91 Å². The summed E-state index contributed by atoms with van der Waals surface area (Å²) in [7, 11) is 1.36. The molecule has 1 heterocycles. The molecule has 1 unspecified atom stereocenters. The van der Waals surface area contributed by atoms with Crippen LogP contribution in [0.4, 0.5) is 0 Å². The van der Waals surface area contributed by atoms with Gasteiger partial charge in [-0.2, -0.15) is 0 Å². The molecule has 4 nitrogen and oxygen atoms in total. The van der Waals surface area contributed by atoms with Crippen LogP contribution in [-0.4, -0.2) is 25.5 Å². The molecule has 1 amide bonds. The van der Waals surface area contributed by atoms with Crippen molar-refractivity contribution >= 4 is 11.9 Å². The highest BCUT2D eigenvalue weighted by molar-refractivity contribution is 5.94. The number of esters is 1. The Balaban J connectivity index is 2.18. The lowest BCUT2D eigenvalue weighted by Crippen LogP contribution is -2.26. The molecule has 66 valence electrons. The van der Waals surface area contributed by atoms with E-state index in [0.29, 0.717) is 6.54 Å². The maximum Gasteiger partial charge on any atom is 0.311 e. The maximum atomic E-state index is 11.3. The Hall–Kier alpha value is -1.06. The number of carbonyl (C=O) groups excluding carboxylic acids is 2. The number of hydrogen-bond acceptors (Lipinski definition) is 3. The monoisotopic (exact) mass is 169 g/mol. The van der Waals surface area contributed by atoms with Crippen LogP contribution >= 0.6 is 0 Å².